The number of piperidine rings is 1. The highest BCUT2D eigenvalue weighted by atomic mass is 16.4. The van der Waals surface area contributed by atoms with Crippen LogP contribution in [-0.4, -0.2) is 44.8 Å². The number of nitrogens with zero attached hydrogens (tertiary/aromatic N) is 3. The number of carboxylic acid groups (broad SMARTS) is 1. The summed E-state index contributed by atoms with van der Waals surface area (Å²) in [6.45, 7) is 7.23. The van der Waals surface area contributed by atoms with E-state index in [4.69, 9.17) is 0 Å². The van der Waals surface area contributed by atoms with Crippen molar-refractivity contribution in [2.75, 3.05) is 13.1 Å². The summed E-state index contributed by atoms with van der Waals surface area (Å²) < 4.78 is 1.94. The average molecular weight is 355 g/mol. The number of hydrogen-bond acceptors (Lipinski definition) is 3. The van der Waals surface area contributed by atoms with Crippen LogP contribution in [0.5, 0.6) is 0 Å². The first-order valence-corrected chi connectivity index (χ1v) is 8.91. The lowest BCUT2D eigenvalue weighted by atomic mass is 9.82. The van der Waals surface area contributed by atoms with E-state index in [9.17, 15) is 14.7 Å². The van der Waals surface area contributed by atoms with Crippen molar-refractivity contribution in [3.8, 4) is 0 Å². The van der Waals surface area contributed by atoms with Gasteiger partial charge in [0.05, 0.1) is 17.7 Å². The van der Waals surface area contributed by atoms with Crippen LogP contribution in [0, 0.1) is 19.3 Å². The molecule has 1 fully saturated rings. The molecule has 1 unspecified atom stereocenters. The van der Waals surface area contributed by atoms with Gasteiger partial charge in [0.1, 0.15) is 0 Å². The lowest BCUT2D eigenvalue weighted by molar-refractivity contribution is -0.150. The molecular weight excluding hydrogens is 330 g/mol. The number of carboxylic acids is 1. The Labute approximate surface area is 153 Å². The van der Waals surface area contributed by atoms with Crippen LogP contribution < -0.4 is 0 Å². The van der Waals surface area contributed by atoms with Gasteiger partial charge in [-0.25, -0.2) is 0 Å². The van der Waals surface area contributed by atoms with Crippen molar-refractivity contribution in [3.05, 3.63) is 52.8 Å². The smallest absolute Gasteiger partial charge is 0.311 e. The molecule has 1 aliphatic heterocycles. The minimum absolute atomic E-state index is 0.102. The van der Waals surface area contributed by atoms with Crippen LogP contribution in [0.4, 0.5) is 0 Å². The van der Waals surface area contributed by atoms with Gasteiger partial charge in [0.15, 0.2) is 0 Å². The largest absolute Gasteiger partial charge is 0.481 e. The van der Waals surface area contributed by atoms with Crippen LogP contribution in [0.2, 0.25) is 0 Å². The highest BCUT2D eigenvalue weighted by Gasteiger charge is 2.39. The van der Waals surface area contributed by atoms with E-state index in [1.54, 1.807) is 11.8 Å². The summed E-state index contributed by atoms with van der Waals surface area (Å²) in [5.41, 5.74) is 2.90. The summed E-state index contributed by atoms with van der Waals surface area (Å²) in [5, 5.41) is 13.9. The number of rotatable bonds is 4. The zero-order valence-corrected chi connectivity index (χ0v) is 15.5. The highest BCUT2D eigenvalue weighted by molar-refractivity contribution is 5.94. The van der Waals surface area contributed by atoms with Crippen molar-refractivity contribution in [2.24, 2.45) is 5.41 Å². The van der Waals surface area contributed by atoms with E-state index in [0.717, 1.165) is 17.0 Å². The predicted molar refractivity (Wildman–Crippen MR) is 98.1 cm³/mol. The molecule has 1 amide bonds. The van der Waals surface area contributed by atoms with E-state index in [1.807, 2.05) is 48.9 Å². The Hall–Kier alpha value is -2.63. The van der Waals surface area contributed by atoms with Gasteiger partial charge in [0, 0.05) is 24.3 Å². The van der Waals surface area contributed by atoms with Crippen LogP contribution >= 0.6 is 0 Å². The van der Waals surface area contributed by atoms with E-state index in [0.29, 0.717) is 31.5 Å². The van der Waals surface area contributed by atoms with Crippen molar-refractivity contribution in [2.45, 2.75) is 40.2 Å². The monoisotopic (exact) mass is 355 g/mol. The van der Waals surface area contributed by atoms with Gasteiger partial charge < -0.3 is 10.0 Å². The Balaban J connectivity index is 1.71. The summed E-state index contributed by atoms with van der Waals surface area (Å²) in [5.74, 6) is -0.940. The average Bonchev–Trinajstić information content (AvgIpc) is 2.92. The van der Waals surface area contributed by atoms with Gasteiger partial charge >= 0.3 is 5.97 Å². The fraction of sp³-hybridized carbons (Fsp3) is 0.450. The SMILES string of the molecule is Cc1cc(C)n(Cc2ccc(C(=O)N3CCCC(C)(C(=O)O)C3)cc2)n1. The fourth-order valence-corrected chi connectivity index (χ4v) is 3.53. The summed E-state index contributed by atoms with van der Waals surface area (Å²) in [4.78, 5) is 25.9. The molecule has 0 spiro atoms. The molecule has 0 aliphatic carbocycles. The van der Waals surface area contributed by atoms with E-state index in [2.05, 4.69) is 5.10 Å². The Kier molecular flexibility index (Phi) is 4.85. The standard InChI is InChI=1S/C20H25N3O3/c1-14-11-15(2)23(21-14)12-16-5-7-17(8-6-16)18(24)22-10-4-9-20(3,13-22)19(25)26/h5-8,11H,4,9-10,12-13H2,1-3H3,(H,25,26). The van der Waals surface area contributed by atoms with E-state index >= 15 is 0 Å². The summed E-state index contributed by atoms with van der Waals surface area (Å²) in [7, 11) is 0. The van der Waals surface area contributed by atoms with E-state index < -0.39 is 11.4 Å². The molecule has 3 rings (SSSR count). The molecule has 138 valence electrons. The molecule has 0 bridgehead atoms. The van der Waals surface area contributed by atoms with Crippen molar-refractivity contribution in [3.63, 3.8) is 0 Å². The van der Waals surface area contributed by atoms with E-state index in [-0.39, 0.29) is 12.5 Å². The van der Waals surface area contributed by atoms with Crippen molar-refractivity contribution >= 4 is 11.9 Å². The quantitative estimate of drug-likeness (QED) is 0.915. The number of amides is 1. The number of benzene rings is 1. The first-order chi connectivity index (χ1) is 12.3. The van der Waals surface area contributed by atoms with Crippen molar-refractivity contribution < 1.29 is 14.7 Å². The molecule has 6 heteroatoms. The number of aromatic nitrogens is 2. The maximum atomic E-state index is 12.8. The molecule has 1 aromatic heterocycles. The van der Waals surface area contributed by atoms with Gasteiger partial charge in [0.25, 0.3) is 5.91 Å². The lowest BCUT2D eigenvalue weighted by Gasteiger charge is -2.37. The number of hydrogen-bond donors (Lipinski definition) is 1. The van der Waals surface area contributed by atoms with E-state index in [1.165, 1.54) is 0 Å². The minimum atomic E-state index is -0.858. The van der Waals surface area contributed by atoms with Gasteiger partial charge in [-0.15, -0.1) is 0 Å². The number of carbonyl (C=O) groups is 2. The molecule has 6 nitrogen and oxygen atoms in total. The second-order valence-corrected chi connectivity index (χ2v) is 7.48. The molecular formula is C20H25N3O3. The third-order valence-electron chi connectivity index (χ3n) is 5.14. The zero-order valence-electron chi connectivity index (χ0n) is 15.5. The maximum absolute atomic E-state index is 12.8. The van der Waals surface area contributed by atoms with Crippen LogP contribution in [0.1, 0.15) is 47.1 Å². The van der Waals surface area contributed by atoms with Crippen LogP contribution in [0.3, 0.4) is 0 Å². The zero-order chi connectivity index (χ0) is 18.9. The second kappa shape index (κ2) is 6.94. The molecule has 26 heavy (non-hydrogen) atoms. The molecule has 1 aliphatic rings. The molecule has 1 atom stereocenters. The summed E-state index contributed by atoms with van der Waals surface area (Å²) >= 11 is 0. The van der Waals surface area contributed by atoms with Gasteiger partial charge in [-0.2, -0.15) is 5.10 Å². The third kappa shape index (κ3) is 3.64. The maximum Gasteiger partial charge on any atom is 0.311 e. The first kappa shape index (κ1) is 18.2. The molecule has 1 saturated heterocycles. The summed E-state index contributed by atoms with van der Waals surface area (Å²) in [6, 6.07) is 9.54. The summed E-state index contributed by atoms with van der Waals surface area (Å²) in [6.07, 6.45) is 1.32. The van der Waals surface area contributed by atoms with Crippen LogP contribution in [0.25, 0.3) is 0 Å². The number of likely N-dealkylation sites (tertiary alicyclic amines) is 1. The van der Waals surface area contributed by atoms with Gasteiger partial charge in [-0.1, -0.05) is 12.1 Å². The Morgan fingerprint density at radius 2 is 1.92 bits per heavy atom. The van der Waals surface area contributed by atoms with Crippen LogP contribution in [0.15, 0.2) is 30.3 Å². The molecule has 1 aromatic carbocycles. The van der Waals surface area contributed by atoms with Gasteiger partial charge in [-0.3, -0.25) is 14.3 Å². The fourth-order valence-electron chi connectivity index (χ4n) is 3.53. The number of carbonyl (C=O) groups excluding carboxylic acids is 1. The molecule has 0 saturated carbocycles. The Morgan fingerprint density at radius 3 is 2.50 bits per heavy atom. The van der Waals surface area contributed by atoms with Crippen molar-refractivity contribution in [1.29, 1.82) is 0 Å². The Morgan fingerprint density at radius 1 is 1.23 bits per heavy atom. The van der Waals surface area contributed by atoms with Gasteiger partial charge in [-0.05, 0) is 57.4 Å². The molecule has 2 heterocycles. The topological polar surface area (TPSA) is 75.4 Å². The predicted octanol–water partition coefficient (Wildman–Crippen LogP) is 2.88. The minimum Gasteiger partial charge on any atom is -0.481 e. The lowest BCUT2D eigenvalue weighted by Crippen LogP contribution is -2.48. The molecule has 0 radical (unpaired) electrons. The first-order valence-electron chi connectivity index (χ1n) is 8.91. The molecule has 2 aromatic rings. The van der Waals surface area contributed by atoms with Crippen molar-refractivity contribution in [1.82, 2.24) is 14.7 Å². The highest BCUT2D eigenvalue weighted by Crippen LogP contribution is 2.30. The van der Waals surface area contributed by atoms with Crippen LogP contribution in [-0.2, 0) is 11.3 Å². The third-order valence-corrected chi connectivity index (χ3v) is 5.14. The van der Waals surface area contributed by atoms with Gasteiger partial charge in [0.2, 0.25) is 0 Å². The normalized spacial score (nSPS) is 20.2. The number of aryl methyl sites for hydroxylation is 2. The Bertz CT molecular complexity index is 825. The second-order valence-electron chi connectivity index (χ2n) is 7.48. The molecule has 1 N–H and O–H groups in total. The number of aliphatic carboxylic acids is 1.